The monoisotopic (exact) mass is 311 g/mol. The fraction of sp³-hybridized carbons (Fsp3) is 0.867. The second-order valence-corrected chi connectivity index (χ2v) is 6.95. The molecule has 0 amide bonds. The summed E-state index contributed by atoms with van der Waals surface area (Å²) in [7, 11) is 1.59. The first-order valence-corrected chi connectivity index (χ1v) is 9.46. The van der Waals surface area contributed by atoms with E-state index in [1.807, 2.05) is 0 Å². The molecule has 0 heterocycles. The predicted molar refractivity (Wildman–Crippen MR) is 84.2 cm³/mol. The van der Waals surface area contributed by atoms with Gasteiger partial charge in [0.05, 0.1) is 6.54 Å². The van der Waals surface area contributed by atoms with Gasteiger partial charge in [0.15, 0.2) is 0 Å². The summed E-state index contributed by atoms with van der Waals surface area (Å²) in [6, 6.07) is 0. The van der Waals surface area contributed by atoms with E-state index in [9.17, 15) is 9.59 Å². The van der Waals surface area contributed by atoms with Crippen LogP contribution in [0, 0.1) is 0 Å². The van der Waals surface area contributed by atoms with E-state index in [0.29, 0.717) is 48.8 Å². The van der Waals surface area contributed by atoms with Gasteiger partial charge in [-0.2, -0.15) is 0 Å². The summed E-state index contributed by atoms with van der Waals surface area (Å²) in [6.07, 6.45) is 13.0. The first-order chi connectivity index (χ1) is 9.54. The summed E-state index contributed by atoms with van der Waals surface area (Å²) in [5.41, 5.74) is 0. The standard InChI is InChI=1S/C12H23O.C3H7NO2.K/c1-2-3-4-5-6-7-8-9-10-11-12-13;1-4-2-3(5)6;/h2-11H2,1H3;4H,2H2,1H3,(H,5,6);. The quantitative estimate of drug-likeness (QED) is 0.429. The van der Waals surface area contributed by atoms with Crippen molar-refractivity contribution in [3.63, 3.8) is 0 Å². The molecule has 0 fully saturated rings. The molecule has 0 atom stereocenters. The van der Waals surface area contributed by atoms with Gasteiger partial charge in [-0.05, 0) is 7.05 Å². The number of carbonyl (C=O) groups is 2. The van der Waals surface area contributed by atoms with Gasteiger partial charge in [0.2, 0.25) is 0 Å². The Morgan fingerprint density at radius 3 is 1.70 bits per heavy atom. The second-order valence-electron chi connectivity index (χ2n) is 5.20. The zero-order valence-corrected chi connectivity index (χ0v) is 16.7. The van der Waals surface area contributed by atoms with Crippen LogP contribution in [-0.2, 0) is 9.59 Å². The molecule has 114 valence electrons. The van der Waals surface area contributed by atoms with Crippen molar-refractivity contribution in [3.8, 4) is 0 Å². The molecule has 0 aromatic rings. The summed E-state index contributed by atoms with van der Waals surface area (Å²) in [4.78, 5) is 20.3. The summed E-state index contributed by atoms with van der Waals surface area (Å²) in [5.74, 6) is -0.822. The van der Waals surface area contributed by atoms with Crippen LogP contribution in [0.25, 0.3) is 0 Å². The van der Waals surface area contributed by atoms with Gasteiger partial charge in [0.25, 0.3) is 0 Å². The Labute approximate surface area is 158 Å². The maximum Gasteiger partial charge on any atom is 0.317 e. The number of carbonyl (C=O) groups excluding carboxylic acids is 1. The molecule has 0 aliphatic carbocycles. The molecule has 0 radical (unpaired) electrons. The van der Waals surface area contributed by atoms with Crippen LogP contribution in [0.15, 0.2) is 0 Å². The molecule has 2 N–H and O–H groups in total. The van der Waals surface area contributed by atoms with Crippen molar-refractivity contribution >= 4 is 54.8 Å². The largest absolute Gasteiger partial charge is 0.480 e. The van der Waals surface area contributed by atoms with Crippen molar-refractivity contribution in [2.45, 2.75) is 71.1 Å². The van der Waals surface area contributed by atoms with Crippen LogP contribution in [-0.4, -0.2) is 73.5 Å². The van der Waals surface area contributed by atoms with Gasteiger partial charge in [-0.25, -0.2) is 0 Å². The van der Waals surface area contributed by atoms with Crippen molar-refractivity contribution in [1.82, 2.24) is 5.32 Å². The van der Waals surface area contributed by atoms with Gasteiger partial charge in [-0.15, -0.1) is 0 Å². The van der Waals surface area contributed by atoms with E-state index in [2.05, 4.69) is 12.2 Å². The number of carboxylic acids is 1. The topological polar surface area (TPSA) is 66.4 Å². The van der Waals surface area contributed by atoms with Crippen molar-refractivity contribution < 1.29 is 14.7 Å². The molecule has 0 spiro atoms. The number of likely N-dealkylation sites (N-methyl/N-ethyl adjacent to an activating group) is 1. The number of hydrogen-bond donors (Lipinski definition) is 2. The molecule has 0 saturated heterocycles. The molecule has 0 saturated carbocycles. The number of nitrogens with one attached hydrogen (secondary N) is 1. The molecule has 20 heavy (non-hydrogen) atoms. The van der Waals surface area contributed by atoms with Gasteiger partial charge < -0.3 is 10.4 Å². The van der Waals surface area contributed by atoms with Crippen LogP contribution in [0.5, 0.6) is 0 Å². The molecular weight excluding hydrogens is 281 g/mol. The van der Waals surface area contributed by atoms with Crippen LogP contribution in [0.3, 0.4) is 0 Å². The van der Waals surface area contributed by atoms with Crippen LogP contribution in [0.2, 0.25) is 0 Å². The molecular formula is C15H30KNO3. The van der Waals surface area contributed by atoms with Crippen molar-refractivity contribution in [2.24, 2.45) is 0 Å². The molecule has 4 nitrogen and oxygen atoms in total. The smallest absolute Gasteiger partial charge is 0.317 e. The minimum absolute atomic E-state index is 0.0417. The van der Waals surface area contributed by atoms with Gasteiger partial charge in [0, 0.05) is 0 Å². The van der Waals surface area contributed by atoms with Crippen molar-refractivity contribution in [2.75, 3.05) is 13.6 Å². The normalized spacial score (nSPS) is 9.80. The fourth-order valence-corrected chi connectivity index (χ4v) is 2.39. The van der Waals surface area contributed by atoms with E-state index < -0.39 is 5.97 Å². The Hall–Kier alpha value is 0.736. The number of carboxylic acid groups (broad SMARTS) is 1. The van der Waals surface area contributed by atoms with E-state index >= 15 is 0 Å². The molecule has 0 bridgehead atoms. The third-order valence-corrected chi connectivity index (χ3v) is 3.74. The zero-order valence-electron chi connectivity index (χ0n) is 13.5. The number of aliphatic carboxylic acids is 1. The molecule has 0 rings (SSSR count). The zero-order chi connectivity index (χ0) is 15.6. The number of hydrogen-bond acceptors (Lipinski definition) is 3. The number of rotatable bonds is 12. The molecule has 0 aliphatic rings. The molecule has 0 aromatic carbocycles. The van der Waals surface area contributed by atoms with Gasteiger partial charge in [-0.1, -0.05) is 0 Å². The van der Waals surface area contributed by atoms with Gasteiger partial charge in [-0.3, -0.25) is 4.79 Å². The van der Waals surface area contributed by atoms with Gasteiger partial charge >= 0.3 is 131 Å². The van der Waals surface area contributed by atoms with E-state index in [0.717, 1.165) is 12.8 Å². The van der Waals surface area contributed by atoms with Crippen LogP contribution < -0.4 is 5.32 Å². The maximum absolute atomic E-state index is 10.7. The minimum Gasteiger partial charge on any atom is -0.480 e. The SMILES string of the molecule is CCCCCCCCCCC[C](=O)[K].CNCC(=O)O. The summed E-state index contributed by atoms with van der Waals surface area (Å²) in [6.45, 7) is 2.30. The van der Waals surface area contributed by atoms with E-state index in [-0.39, 0.29) is 6.54 Å². The van der Waals surface area contributed by atoms with E-state index in [1.165, 1.54) is 51.4 Å². The Morgan fingerprint density at radius 1 is 0.950 bits per heavy atom. The van der Waals surface area contributed by atoms with Crippen LogP contribution >= 0.6 is 0 Å². The first kappa shape index (κ1) is 23.0. The Bertz CT molecular complexity index is 235. The Balaban J connectivity index is 0. The number of unbranched alkanes of at least 4 members (excludes halogenated alkanes) is 8. The maximum atomic E-state index is 10.7. The average Bonchev–Trinajstić information content (AvgIpc) is 2.37. The Morgan fingerprint density at radius 2 is 1.40 bits per heavy atom. The van der Waals surface area contributed by atoms with Gasteiger partial charge in [0.1, 0.15) is 0 Å². The predicted octanol–water partition coefficient (Wildman–Crippen LogP) is 2.89. The van der Waals surface area contributed by atoms with Crippen LogP contribution in [0.1, 0.15) is 71.1 Å². The minimum atomic E-state index is -0.822. The Kier molecular flexibility index (Phi) is 22.7. The third kappa shape index (κ3) is 27.1. The second kappa shape index (κ2) is 19.7. The fourth-order valence-electron chi connectivity index (χ4n) is 1.84. The average molecular weight is 312 g/mol. The first-order valence-electron chi connectivity index (χ1n) is 7.90. The summed E-state index contributed by atoms with van der Waals surface area (Å²) < 4.78 is 0.528. The van der Waals surface area contributed by atoms with Crippen LogP contribution in [0.4, 0.5) is 0 Å². The van der Waals surface area contributed by atoms with Crippen molar-refractivity contribution in [1.29, 1.82) is 0 Å². The third-order valence-electron chi connectivity index (χ3n) is 2.96. The van der Waals surface area contributed by atoms with E-state index in [4.69, 9.17) is 5.11 Å². The molecule has 0 aliphatic heterocycles. The molecule has 5 heteroatoms. The van der Waals surface area contributed by atoms with Crippen molar-refractivity contribution in [3.05, 3.63) is 0 Å². The summed E-state index contributed by atoms with van der Waals surface area (Å²) in [5, 5.41) is 10.3. The molecule has 0 unspecified atom stereocenters. The molecule has 0 aromatic heterocycles. The summed E-state index contributed by atoms with van der Waals surface area (Å²) >= 11 is 0.424. The van der Waals surface area contributed by atoms with E-state index in [1.54, 1.807) is 7.05 Å².